The van der Waals surface area contributed by atoms with Crippen LogP contribution in [-0.2, 0) is 25.6 Å². The van der Waals surface area contributed by atoms with Crippen LogP contribution in [0.25, 0.3) is 21.8 Å². The molecule has 150 valence electrons. The van der Waals surface area contributed by atoms with Gasteiger partial charge in [0.05, 0.1) is 13.2 Å². The second-order valence-corrected chi connectivity index (χ2v) is 6.31. The van der Waals surface area contributed by atoms with E-state index in [1.165, 1.54) is 0 Å². The van der Waals surface area contributed by atoms with E-state index >= 15 is 0 Å². The van der Waals surface area contributed by atoms with Crippen molar-refractivity contribution < 1.29 is 28.7 Å². The fourth-order valence-electron chi connectivity index (χ4n) is 3.36. The van der Waals surface area contributed by atoms with E-state index in [2.05, 4.69) is 0 Å². The molecule has 0 amide bonds. The summed E-state index contributed by atoms with van der Waals surface area (Å²) in [5.41, 5.74) is 2.11. The van der Waals surface area contributed by atoms with Gasteiger partial charge in [0.1, 0.15) is 0 Å². The van der Waals surface area contributed by atoms with Gasteiger partial charge in [0, 0.05) is 39.5 Å². The van der Waals surface area contributed by atoms with Crippen LogP contribution < -0.4 is 0 Å². The zero-order chi connectivity index (χ0) is 21.1. The number of aromatic nitrogens is 1. The van der Waals surface area contributed by atoms with Crippen molar-refractivity contribution in [1.82, 2.24) is 4.57 Å². The van der Waals surface area contributed by atoms with Crippen molar-refractivity contribution in [2.75, 3.05) is 13.2 Å². The first-order valence-electron chi connectivity index (χ1n) is 9.41. The number of carbonyl (C=O) groups excluding carboxylic acids is 4. The lowest BCUT2D eigenvalue weighted by Gasteiger charge is -2.04. The van der Waals surface area contributed by atoms with Crippen molar-refractivity contribution >= 4 is 45.3 Å². The summed E-state index contributed by atoms with van der Waals surface area (Å²) in [5.74, 6) is -3.29. The number of fused-ring (bicyclic) bond motifs is 3. The molecule has 1 heterocycles. The van der Waals surface area contributed by atoms with Gasteiger partial charge in [-0.15, -0.1) is 0 Å². The molecule has 3 rings (SSSR count). The first-order chi connectivity index (χ1) is 13.9. The maximum absolute atomic E-state index is 12.3. The highest BCUT2D eigenvalue weighted by atomic mass is 16.5. The van der Waals surface area contributed by atoms with E-state index in [-0.39, 0.29) is 24.3 Å². The van der Waals surface area contributed by atoms with Crippen LogP contribution in [0, 0.1) is 0 Å². The number of Topliss-reactive ketones (excluding diaryl/α,β-unsaturated/α-hetero) is 2. The van der Waals surface area contributed by atoms with Gasteiger partial charge in [0.25, 0.3) is 11.6 Å². The average molecular weight is 395 g/mol. The summed E-state index contributed by atoms with van der Waals surface area (Å²) in [6.07, 6.45) is 0. The number of rotatable bonds is 7. The summed E-state index contributed by atoms with van der Waals surface area (Å²) in [6.45, 7) is 6.13. The predicted octanol–water partition coefficient (Wildman–Crippen LogP) is 3.31. The zero-order valence-corrected chi connectivity index (χ0v) is 16.5. The Balaban J connectivity index is 2.17. The molecule has 7 heteroatoms. The molecule has 0 fully saturated rings. The van der Waals surface area contributed by atoms with Crippen LogP contribution in [0.4, 0.5) is 0 Å². The molecule has 0 N–H and O–H groups in total. The second-order valence-electron chi connectivity index (χ2n) is 6.31. The van der Waals surface area contributed by atoms with E-state index in [1.807, 2.05) is 11.5 Å². The SMILES string of the molecule is CCOC(=O)C(=O)c1ccc2c(c1)c1cc(C(=O)C(=O)OCC)ccc1n2CC. The molecule has 0 aliphatic heterocycles. The maximum Gasteiger partial charge on any atom is 0.379 e. The summed E-state index contributed by atoms with van der Waals surface area (Å²) in [5, 5.41) is 1.41. The number of nitrogens with zero attached hydrogens (tertiary/aromatic N) is 1. The Morgan fingerprint density at radius 1 is 0.724 bits per heavy atom. The molecule has 0 spiro atoms. The van der Waals surface area contributed by atoms with E-state index in [0.29, 0.717) is 17.3 Å². The van der Waals surface area contributed by atoms with Gasteiger partial charge in [0.15, 0.2) is 0 Å². The van der Waals surface area contributed by atoms with Crippen LogP contribution in [-0.4, -0.2) is 41.3 Å². The highest BCUT2D eigenvalue weighted by Crippen LogP contribution is 2.31. The fourth-order valence-corrected chi connectivity index (χ4v) is 3.36. The van der Waals surface area contributed by atoms with Crippen LogP contribution in [0.5, 0.6) is 0 Å². The summed E-state index contributed by atoms with van der Waals surface area (Å²) in [6, 6.07) is 9.91. The third-order valence-corrected chi connectivity index (χ3v) is 4.63. The molecule has 0 atom stereocenters. The molecule has 0 aliphatic carbocycles. The molecule has 1 aromatic heterocycles. The fraction of sp³-hybridized carbons (Fsp3) is 0.273. The molecule has 0 aliphatic rings. The molecule has 0 saturated carbocycles. The average Bonchev–Trinajstić information content (AvgIpc) is 3.05. The summed E-state index contributed by atoms with van der Waals surface area (Å²) in [7, 11) is 0. The van der Waals surface area contributed by atoms with E-state index in [9.17, 15) is 19.2 Å². The van der Waals surface area contributed by atoms with Crippen molar-refractivity contribution in [3.63, 3.8) is 0 Å². The van der Waals surface area contributed by atoms with Gasteiger partial charge >= 0.3 is 11.9 Å². The molecule has 7 nitrogen and oxygen atoms in total. The standard InChI is InChI=1S/C22H21NO6/c1-4-23-17-9-7-13(19(24)21(26)28-5-2)11-15(17)16-12-14(8-10-18(16)23)20(25)22(27)29-6-3/h7-12H,4-6H2,1-3H3. The van der Waals surface area contributed by atoms with Gasteiger partial charge in [-0.3, -0.25) is 9.59 Å². The van der Waals surface area contributed by atoms with Crippen molar-refractivity contribution in [3.8, 4) is 0 Å². The van der Waals surface area contributed by atoms with Gasteiger partial charge in [-0.1, -0.05) is 0 Å². The number of benzene rings is 2. The Kier molecular flexibility index (Phi) is 5.77. The molecule has 0 bridgehead atoms. The summed E-state index contributed by atoms with van der Waals surface area (Å²) in [4.78, 5) is 48.3. The predicted molar refractivity (Wildman–Crippen MR) is 107 cm³/mol. The normalized spacial score (nSPS) is 10.9. The first kappa shape index (κ1) is 20.3. The second kappa shape index (κ2) is 8.26. The number of hydrogen-bond acceptors (Lipinski definition) is 6. The van der Waals surface area contributed by atoms with Crippen molar-refractivity contribution in [2.45, 2.75) is 27.3 Å². The molecule has 29 heavy (non-hydrogen) atoms. The number of aryl methyl sites for hydroxylation is 1. The number of esters is 2. The van der Waals surface area contributed by atoms with Crippen molar-refractivity contribution in [3.05, 3.63) is 47.5 Å². The topological polar surface area (TPSA) is 91.7 Å². The largest absolute Gasteiger partial charge is 0.460 e. The van der Waals surface area contributed by atoms with Gasteiger partial charge in [-0.05, 0) is 57.2 Å². The Hall–Kier alpha value is -3.48. The molecule has 3 aromatic rings. The smallest absolute Gasteiger partial charge is 0.379 e. The van der Waals surface area contributed by atoms with Crippen molar-refractivity contribution in [1.29, 1.82) is 0 Å². The zero-order valence-electron chi connectivity index (χ0n) is 16.5. The Morgan fingerprint density at radius 2 is 1.14 bits per heavy atom. The lowest BCUT2D eigenvalue weighted by Crippen LogP contribution is -2.17. The van der Waals surface area contributed by atoms with Crippen molar-refractivity contribution in [2.24, 2.45) is 0 Å². The highest BCUT2D eigenvalue weighted by Gasteiger charge is 2.22. The van der Waals surface area contributed by atoms with Crippen LogP contribution in [0.2, 0.25) is 0 Å². The number of ether oxygens (including phenoxy) is 2. The molecular weight excluding hydrogens is 374 g/mol. The number of carbonyl (C=O) groups is 4. The first-order valence-corrected chi connectivity index (χ1v) is 9.41. The molecule has 2 aromatic carbocycles. The third kappa shape index (κ3) is 3.63. The Morgan fingerprint density at radius 3 is 1.48 bits per heavy atom. The van der Waals surface area contributed by atoms with E-state index in [0.717, 1.165) is 11.0 Å². The van der Waals surface area contributed by atoms with E-state index < -0.39 is 23.5 Å². The van der Waals surface area contributed by atoms with Crippen LogP contribution in [0.1, 0.15) is 41.5 Å². The van der Waals surface area contributed by atoms with E-state index in [4.69, 9.17) is 9.47 Å². The molecular formula is C22H21NO6. The highest BCUT2D eigenvalue weighted by molar-refractivity contribution is 6.42. The van der Waals surface area contributed by atoms with Crippen LogP contribution in [0.15, 0.2) is 36.4 Å². The number of ketones is 2. The lowest BCUT2D eigenvalue weighted by molar-refractivity contribution is -0.138. The van der Waals surface area contributed by atoms with Gasteiger partial charge in [-0.25, -0.2) is 9.59 Å². The lowest BCUT2D eigenvalue weighted by atomic mass is 10.0. The molecule has 0 radical (unpaired) electrons. The van der Waals surface area contributed by atoms with Crippen LogP contribution in [0.3, 0.4) is 0 Å². The van der Waals surface area contributed by atoms with E-state index in [1.54, 1.807) is 50.2 Å². The van der Waals surface area contributed by atoms with Gasteiger partial charge < -0.3 is 14.0 Å². The minimum atomic E-state index is -0.913. The number of hydrogen-bond donors (Lipinski definition) is 0. The van der Waals surface area contributed by atoms with Gasteiger partial charge in [0.2, 0.25) is 0 Å². The Bertz CT molecular complexity index is 1050. The van der Waals surface area contributed by atoms with Crippen LogP contribution >= 0.6 is 0 Å². The monoisotopic (exact) mass is 395 g/mol. The van der Waals surface area contributed by atoms with Gasteiger partial charge in [-0.2, -0.15) is 0 Å². The maximum atomic E-state index is 12.3. The molecule has 0 saturated heterocycles. The summed E-state index contributed by atoms with van der Waals surface area (Å²) >= 11 is 0. The Labute approximate surface area is 167 Å². The third-order valence-electron chi connectivity index (χ3n) is 4.63. The minimum Gasteiger partial charge on any atom is -0.460 e. The molecule has 0 unspecified atom stereocenters. The minimum absolute atomic E-state index is 0.112. The quantitative estimate of drug-likeness (QED) is 0.346. The summed E-state index contributed by atoms with van der Waals surface area (Å²) < 4.78 is 11.6.